The highest BCUT2D eigenvalue weighted by atomic mass is 16.5. The first kappa shape index (κ1) is 15.0. The Morgan fingerprint density at radius 1 is 1.30 bits per heavy atom. The summed E-state index contributed by atoms with van der Waals surface area (Å²) in [5.41, 5.74) is 4.93. The molecule has 0 atom stereocenters. The molecule has 0 bridgehead atoms. The number of carbonyl (C=O) groups is 1. The number of methoxy groups -OCH3 is 1. The van der Waals surface area contributed by atoms with Crippen LogP contribution in [0, 0.1) is 6.92 Å². The van der Waals surface area contributed by atoms with Gasteiger partial charge >= 0.3 is 0 Å². The average molecular weight is 277 g/mol. The molecule has 20 heavy (non-hydrogen) atoms. The zero-order chi connectivity index (χ0) is 14.5. The summed E-state index contributed by atoms with van der Waals surface area (Å²) in [6.07, 6.45) is 0. The number of likely N-dealkylation sites (N-methyl/N-ethyl adjacent to an activating group) is 1. The quantitative estimate of drug-likeness (QED) is 0.812. The van der Waals surface area contributed by atoms with Gasteiger partial charge in [0, 0.05) is 31.7 Å². The summed E-state index contributed by atoms with van der Waals surface area (Å²) in [5, 5.41) is 2.12. The predicted molar refractivity (Wildman–Crippen MR) is 79.1 cm³/mol. The molecule has 1 aliphatic heterocycles. The normalized spacial score (nSPS) is 17.1. The highest BCUT2D eigenvalue weighted by molar-refractivity contribution is 5.97. The van der Waals surface area contributed by atoms with Gasteiger partial charge in [0.1, 0.15) is 5.75 Å². The summed E-state index contributed by atoms with van der Waals surface area (Å²) in [6, 6.07) is 5.55. The molecule has 0 saturated carbocycles. The Balaban J connectivity index is 1.87. The minimum absolute atomic E-state index is 0.106. The number of piperazine rings is 1. The predicted octanol–water partition coefficient (Wildman–Crippen LogP) is 0.938. The second-order valence-corrected chi connectivity index (χ2v) is 5.23. The van der Waals surface area contributed by atoms with E-state index in [0.717, 1.165) is 43.1 Å². The van der Waals surface area contributed by atoms with Crippen molar-refractivity contribution in [2.45, 2.75) is 6.92 Å². The van der Waals surface area contributed by atoms with Crippen molar-refractivity contribution in [1.29, 1.82) is 0 Å². The van der Waals surface area contributed by atoms with Crippen LogP contribution in [0.15, 0.2) is 18.2 Å². The fraction of sp³-hybridized carbons (Fsp3) is 0.533. The lowest BCUT2D eigenvalue weighted by Gasteiger charge is -2.32. The molecule has 1 aromatic carbocycles. The number of aryl methyl sites for hydroxylation is 1. The fourth-order valence-corrected chi connectivity index (χ4v) is 2.30. The molecule has 110 valence electrons. The molecule has 0 aromatic heterocycles. The van der Waals surface area contributed by atoms with Gasteiger partial charge in [0.05, 0.1) is 13.7 Å². The molecule has 0 aliphatic carbocycles. The first-order valence-corrected chi connectivity index (χ1v) is 6.95. The monoisotopic (exact) mass is 277 g/mol. The summed E-state index contributed by atoms with van der Waals surface area (Å²) in [4.78, 5) is 14.4. The lowest BCUT2D eigenvalue weighted by molar-refractivity contribution is 0.0838. The van der Waals surface area contributed by atoms with Crippen molar-refractivity contribution in [2.24, 2.45) is 0 Å². The van der Waals surface area contributed by atoms with Gasteiger partial charge < -0.3 is 9.64 Å². The number of rotatable bonds is 5. The molecule has 5 nitrogen and oxygen atoms in total. The van der Waals surface area contributed by atoms with Crippen molar-refractivity contribution in [3.8, 4) is 5.75 Å². The lowest BCUT2D eigenvalue weighted by atomic mass is 10.1. The van der Waals surface area contributed by atoms with Gasteiger partial charge in [-0.15, -0.1) is 0 Å². The van der Waals surface area contributed by atoms with Crippen LogP contribution in [0.2, 0.25) is 0 Å². The zero-order valence-electron chi connectivity index (χ0n) is 12.5. The van der Waals surface area contributed by atoms with Crippen molar-refractivity contribution >= 4 is 5.78 Å². The molecule has 1 N–H and O–H groups in total. The molecule has 5 heteroatoms. The van der Waals surface area contributed by atoms with Crippen LogP contribution >= 0.6 is 0 Å². The van der Waals surface area contributed by atoms with Crippen molar-refractivity contribution in [3.05, 3.63) is 29.3 Å². The smallest absolute Gasteiger partial charge is 0.178 e. The Bertz CT molecular complexity index is 468. The number of Topliss-reactive ketones (excluding diaryl/α,β-unsaturated/α-hetero) is 1. The Morgan fingerprint density at radius 3 is 2.60 bits per heavy atom. The molecule has 0 amide bonds. The second kappa shape index (κ2) is 6.83. The van der Waals surface area contributed by atoms with E-state index in [1.807, 2.05) is 25.1 Å². The minimum Gasteiger partial charge on any atom is -0.496 e. The van der Waals surface area contributed by atoms with E-state index >= 15 is 0 Å². The van der Waals surface area contributed by atoms with Gasteiger partial charge in [-0.2, -0.15) is 0 Å². The van der Waals surface area contributed by atoms with E-state index in [0.29, 0.717) is 6.54 Å². The highest BCUT2D eigenvalue weighted by Crippen LogP contribution is 2.18. The standard InChI is InChI=1S/C15H23N3O2/c1-12-10-13(4-5-15(12)20-3)14(19)11-16-18-8-6-17(2)7-9-18/h4-5,10,16H,6-9,11H2,1-3H3. The Morgan fingerprint density at radius 2 is 2.00 bits per heavy atom. The number of hydrogen-bond donors (Lipinski definition) is 1. The van der Waals surface area contributed by atoms with Crippen molar-refractivity contribution in [3.63, 3.8) is 0 Å². The van der Waals surface area contributed by atoms with Crippen LogP contribution in [0.4, 0.5) is 0 Å². The summed E-state index contributed by atoms with van der Waals surface area (Å²) in [5.74, 6) is 0.920. The van der Waals surface area contributed by atoms with Gasteiger partial charge in [0.2, 0.25) is 0 Å². The van der Waals surface area contributed by atoms with E-state index in [9.17, 15) is 4.79 Å². The first-order chi connectivity index (χ1) is 9.60. The SMILES string of the molecule is COc1ccc(C(=O)CNN2CCN(C)CC2)cc1C. The molecular weight excluding hydrogens is 254 g/mol. The maximum absolute atomic E-state index is 12.2. The number of ketones is 1. The second-order valence-electron chi connectivity index (χ2n) is 5.23. The lowest BCUT2D eigenvalue weighted by Crippen LogP contribution is -2.51. The van der Waals surface area contributed by atoms with Gasteiger partial charge in [-0.05, 0) is 37.7 Å². The Kier molecular flexibility index (Phi) is 5.11. The molecule has 1 aromatic rings. The van der Waals surface area contributed by atoms with Crippen LogP contribution in [0.25, 0.3) is 0 Å². The molecule has 1 aliphatic rings. The molecule has 2 rings (SSSR count). The van der Waals surface area contributed by atoms with E-state index in [4.69, 9.17) is 4.74 Å². The maximum atomic E-state index is 12.2. The third kappa shape index (κ3) is 3.79. The van der Waals surface area contributed by atoms with Crippen molar-refractivity contribution < 1.29 is 9.53 Å². The van der Waals surface area contributed by atoms with E-state index < -0.39 is 0 Å². The van der Waals surface area contributed by atoms with Crippen LogP contribution in [-0.2, 0) is 0 Å². The van der Waals surface area contributed by atoms with E-state index in [1.54, 1.807) is 7.11 Å². The first-order valence-electron chi connectivity index (χ1n) is 6.95. The number of hydrogen-bond acceptors (Lipinski definition) is 5. The van der Waals surface area contributed by atoms with Crippen LogP contribution in [0.3, 0.4) is 0 Å². The van der Waals surface area contributed by atoms with Gasteiger partial charge in [-0.25, -0.2) is 10.4 Å². The van der Waals surface area contributed by atoms with Crippen LogP contribution in [0.5, 0.6) is 5.75 Å². The van der Waals surface area contributed by atoms with E-state index in [1.165, 1.54) is 0 Å². The molecule has 1 fully saturated rings. The fourth-order valence-electron chi connectivity index (χ4n) is 2.30. The number of hydrazine groups is 1. The number of nitrogens with zero attached hydrogens (tertiary/aromatic N) is 2. The summed E-state index contributed by atoms with van der Waals surface area (Å²) >= 11 is 0. The summed E-state index contributed by atoms with van der Waals surface area (Å²) in [7, 11) is 3.75. The number of ether oxygens (including phenoxy) is 1. The van der Waals surface area contributed by atoms with Gasteiger partial charge in [-0.3, -0.25) is 4.79 Å². The summed E-state index contributed by atoms with van der Waals surface area (Å²) < 4.78 is 5.21. The molecular formula is C15H23N3O2. The third-order valence-corrected chi connectivity index (χ3v) is 3.68. The van der Waals surface area contributed by atoms with Crippen molar-refractivity contribution in [1.82, 2.24) is 15.3 Å². The Labute approximate surface area is 120 Å². The number of benzene rings is 1. The minimum atomic E-state index is 0.106. The maximum Gasteiger partial charge on any atom is 0.178 e. The topological polar surface area (TPSA) is 44.8 Å². The van der Waals surface area contributed by atoms with Crippen molar-refractivity contribution in [2.75, 3.05) is 46.9 Å². The number of nitrogens with one attached hydrogen (secondary N) is 1. The van der Waals surface area contributed by atoms with Crippen LogP contribution < -0.4 is 10.2 Å². The van der Waals surface area contributed by atoms with Crippen LogP contribution in [-0.4, -0.2) is 62.6 Å². The van der Waals surface area contributed by atoms with Gasteiger partial charge in [0.15, 0.2) is 5.78 Å². The van der Waals surface area contributed by atoms with Gasteiger partial charge in [0.25, 0.3) is 0 Å². The average Bonchev–Trinajstić information content (AvgIpc) is 2.46. The Hall–Kier alpha value is -1.43. The van der Waals surface area contributed by atoms with E-state index in [2.05, 4.69) is 22.4 Å². The molecule has 1 heterocycles. The largest absolute Gasteiger partial charge is 0.496 e. The van der Waals surface area contributed by atoms with E-state index in [-0.39, 0.29) is 5.78 Å². The summed E-state index contributed by atoms with van der Waals surface area (Å²) in [6.45, 7) is 6.25. The number of carbonyl (C=O) groups excluding carboxylic acids is 1. The highest BCUT2D eigenvalue weighted by Gasteiger charge is 2.15. The molecule has 1 saturated heterocycles. The van der Waals surface area contributed by atoms with Gasteiger partial charge in [-0.1, -0.05) is 0 Å². The third-order valence-electron chi connectivity index (χ3n) is 3.68. The molecule has 0 unspecified atom stereocenters. The van der Waals surface area contributed by atoms with Crippen LogP contribution in [0.1, 0.15) is 15.9 Å². The zero-order valence-corrected chi connectivity index (χ0v) is 12.5. The molecule has 0 radical (unpaired) electrons. The molecule has 0 spiro atoms.